The van der Waals surface area contributed by atoms with Gasteiger partial charge in [0.1, 0.15) is 7.33 Å². The van der Waals surface area contributed by atoms with Crippen LogP contribution in [0.25, 0.3) is 0 Å². The molecule has 0 bridgehead atoms. The monoisotopic (exact) mass is 213 g/mol. The van der Waals surface area contributed by atoms with Gasteiger partial charge in [-0.1, -0.05) is 0 Å². The quantitative estimate of drug-likeness (QED) is 0.530. The molecular weight excluding hydrogens is 210 g/mol. The maximum absolute atomic E-state index is 10.4. The van der Waals surface area contributed by atoms with Crippen molar-refractivity contribution in [3.05, 3.63) is 11.5 Å². The summed E-state index contributed by atoms with van der Waals surface area (Å²) in [4.78, 5) is 0. The van der Waals surface area contributed by atoms with E-state index in [9.17, 15) is 16.8 Å². The number of nitrogens with zero attached hydrogens (tertiary/aromatic N) is 1. The van der Waals surface area contributed by atoms with Crippen molar-refractivity contribution < 1.29 is 16.8 Å². The Labute approximate surface area is 65.1 Å². The van der Waals surface area contributed by atoms with Crippen LogP contribution in [0, 0.1) is 0 Å². The summed E-state index contributed by atoms with van der Waals surface area (Å²) in [6.45, 7) is 0. The summed E-state index contributed by atoms with van der Waals surface area (Å²) in [5.74, 6) is 0. The van der Waals surface area contributed by atoms with Crippen LogP contribution in [-0.4, -0.2) is 23.1 Å². The van der Waals surface area contributed by atoms with Gasteiger partial charge in [-0.2, -0.15) is 16.8 Å². The first kappa shape index (κ1) is 8.50. The molecule has 62 valence electrons. The number of allylic oxidation sites excluding steroid dienone is 1. The van der Waals surface area contributed by atoms with E-state index in [4.69, 9.17) is 0 Å². The minimum absolute atomic E-state index is 1.08. The second-order valence-electron chi connectivity index (χ2n) is 1.51. The Morgan fingerprint density at radius 1 is 1.09 bits per heavy atom. The topological polar surface area (TPSA) is 80.6 Å². The fraction of sp³-hybridized carbons (Fsp3) is 0. The van der Waals surface area contributed by atoms with E-state index in [1.54, 1.807) is 0 Å². The maximum atomic E-state index is 10.4. The van der Waals surface area contributed by atoms with Crippen LogP contribution in [0.1, 0.15) is 0 Å². The lowest BCUT2D eigenvalue weighted by Gasteiger charge is -1.83. The predicted octanol–water partition coefficient (Wildman–Crippen LogP) is -0.758. The number of hydrogen-bond acceptors (Lipinski definition) is 4. The lowest BCUT2D eigenvalue weighted by atomic mass is 10.7. The summed E-state index contributed by atoms with van der Waals surface area (Å²) in [5.41, 5.74) is 0. The Hall–Kier alpha value is -0.600. The van der Waals surface area contributed by atoms with Crippen molar-refractivity contribution in [3.63, 3.8) is 0 Å². The van der Waals surface area contributed by atoms with Gasteiger partial charge in [0, 0.05) is 11.6 Å². The van der Waals surface area contributed by atoms with E-state index in [1.807, 2.05) is 0 Å². The van der Waals surface area contributed by atoms with Gasteiger partial charge in [0.05, 0.1) is 0 Å². The molecule has 11 heavy (non-hydrogen) atoms. The summed E-state index contributed by atoms with van der Waals surface area (Å²) in [7, 11) is -8.36. The molecule has 0 unspecified atom stereocenters. The third-order valence-corrected chi connectivity index (χ3v) is 8.15. The lowest BCUT2D eigenvalue weighted by Crippen LogP contribution is -1.88. The van der Waals surface area contributed by atoms with Crippen molar-refractivity contribution in [2.75, 3.05) is 0 Å². The highest BCUT2D eigenvalue weighted by Crippen LogP contribution is 2.04. The molecule has 0 aliphatic carbocycles. The molecule has 1 heterocycles. The van der Waals surface area contributed by atoms with Gasteiger partial charge >= 0.3 is 0 Å². The Balaban J connectivity index is 4.30. The smallest absolute Gasteiger partial charge is 0.207 e. The van der Waals surface area contributed by atoms with Crippen LogP contribution >= 0.6 is 0 Å². The molecule has 0 spiro atoms. The third-order valence-electron chi connectivity index (χ3n) is 0.934. The fourth-order valence-corrected chi connectivity index (χ4v) is 4.23. The average Bonchev–Trinajstić information content (AvgIpc) is 2.34. The van der Waals surface area contributed by atoms with Gasteiger partial charge in [0.25, 0.3) is 18.5 Å². The Kier molecular flexibility index (Phi) is 2.16. The van der Waals surface area contributed by atoms with E-state index in [2.05, 4.69) is 4.40 Å². The van der Waals surface area contributed by atoms with Crippen LogP contribution in [0.4, 0.5) is 0 Å². The van der Waals surface area contributed by atoms with Crippen LogP contribution < -0.4 is 0 Å². The van der Waals surface area contributed by atoms with Gasteiger partial charge in [-0.25, -0.2) is 4.40 Å². The van der Waals surface area contributed by atoms with E-state index in [0.29, 0.717) is 0 Å². The molecule has 0 saturated heterocycles. The van der Waals surface area contributed by atoms with Crippen LogP contribution in [0.2, 0.25) is 0 Å². The fourth-order valence-electron chi connectivity index (χ4n) is 0.496. The second-order valence-corrected chi connectivity index (χ2v) is 9.15. The highest BCUT2D eigenvalue weighted by atomic mass is 33.1. The average molecular weight is 213 g/mol. The van der Waals surface area contributed by atoms with Crippen LogP contribution in [0.15, 0.2) is 15.9 Å². The van der Waals surface area contributed by atoms with Crippen molar-refractivity contribution in [1.82, 2.24) is 0 Å². The summed E-state index contributed by atoms with van der Waals surface area (Å²) in [6, 6.07) is 0. The van der Waals surface area contributed by atoms with E-state index >= 15 is 0 Å². The molecule has 8 heteroatoms. The molecule has 0 aromatic carbocycles. The molecular formula is C3H3NO4S3. The zero-order chi connectivity index (χ0) is 8.48. The van der Waals surface area contributed by atoms with Crippen molar-refractivity contribution in [3.8, 4) is 0 Å². The van der Waals surface area contributed by atoms with Crippen molar-refractivity contribution >= 4 is 32.1 Å². The molecule has 0 radical (unpaired) electrons. The summed E-state index contributed by atoms with van der Waals surface area (Å²) in [6.07, 6.45) is 2.47. The zero-order valence-corrected chi connectivity index (χ0v) is 7.49. The normalized spacial score (nSPS) is 18.5. The standard InChI is InChI=1S/C3H3NO4S3/c5-9(6)11(10(7)8)3-1-2-4-11/h1-3H. The predicted molar refractivity (Wildman–Crippen MR) is 42.8 cm³/mol. The van der Waals surface area contributed by atoms with Crippen molar-refractivity contribution in [2.45, 2.75) is 0 Å². The highest BCUT2D eigenvalue weighted by Gasteiger charge is 2.07. The van der Waals surface area contributed by atoms with Gasteiger partial charge < -0.3 is 0 Å². The lowest BCUT2D eigenvalue weighted by molar-refractivity contribution is 0.628. The zero-order valence-electron chi connectivity index (χ0n) is 5.04. The first-order valence-electron chi connectivity index (χ1n) is 2.34. The molecule has 1 rings (SSSR count). The molecule has 0 aromatic rings. The van der Waals surface area contributed by atoms with Crippen molar-refractivity contribution in [1.29, 1.82) is 0 Å². The van der Waals surface area contributed by atoms with E-state index in [1.165, 1.54) is 12.3 Å². The van der Waals surface area contributed by atoms with Crippen LogP contribution in [-0.2, 0) is 25.9 Å². The summed E-state index contributed by atoms with van der Waals surface area (Å²) < 4.78 is 45.2. The first-order valence-corrected chi connectivity index (χ1v) is 7.18. The Morgan fingerprint density at radius 3 is 1.82 bits per heavy atom. The molecule has 0 N–H and O–H groups in total. The molecule has 5 nitrogen and oxygen atoms in total. The minimum atomic E-state index is -2.97. The third kappa shape index (κ3) is 1.24. The Morgan fingerprint density at radius 2 is 1.64 bits per heavy atom. The molecule has 1 aliphatic rings. The maximum Gasteiger partial charge on any atom is 0.272 e. The molecule has 0 aromatic heterocycles. The largest absolute Gasteiger partial charge is 0.272 e. The van der Waals surface area contributed by atoms with E-state index in [-0.39, 0.29) is 0 Å². The molecule has 0 fully saturated rings. The van der Waals surface area contributed by atoms with Gasteiger partial charge in [-0.05, 0) is 6.08 Å². The van der Waals surface area contributed by atoms with E-state index < -0.39 is 25.9 Å². The molecule has 0 atom stereocenters. The van der Waals surface area contributed by atoms with Gasteiger partial charge in [0.15, 0.2) is 0 Å². The molecule has 1 aliphatic heterocycles. The minimum Gasteiger partial charge on any atom is -0.207 e. The number of hydrogen-bond donors (Lipinski definition) is 0. The second kappa shape index (κ2) is 2.80. The van der Waals surface area contributed by atoms with Crippen molar-refractivity contribution in [2.24, 2.45) is 4.40 Å². The summed E-state index contributed by atoms with van der Waals surface area (Å²) in [5, 5.41) is 1.08. The number of rotatable bonds is 0. The van der Waals surface area contributed by atoms with Gasteiger partial charge in [0.2, 0.25) is 0 Å². The van der Waals surface area contributed by atoms with Gasteiger partial charge in [-0.3, -0.25) is 0 Å². The van der Waals surface area contributed by atoms with E-state index in [0.717, 1.165) is 5.41 Å². The summed E-state index contributed by atoms with van der Waals surface area (Å²) >= 11 is 0. The van der Waals surface area contributed by atoms with Gasteiger partial charge in [-0.15, -0.1) is 0 Å². The molecule has 0 amide bonds. The van der Waals surface area contributed by atoms with Crippen LogP contribution in [0.5, 0.6) is 0 Å². The Bertz CT molecular complexity index is 480. The molecule has 0 saturated carbocycles. The highest BCUT2D eigenvalue weighted by molar-refractivity contribution is 8.62. The SMILES string of the molecule is O=S(=O)=S1(=S(=O)=O)C=CC=N1. The first-order chi connectivity index (χ1) is 5.09. The van der Waals surface area contributed by atoms with Crippen LogP contribution in [0.3, 0.4) is 0 Å².